The average molecular weight is 369 g/mol. The highest BCUT2D eigenvalue weighted by atomic mass is 32.2. The molecule has 3 rings (SSSR count). The summed E-state index contributed by atoms with van der Waals surface area (Å²) >= 11 is 1.66. The van der Waals surface area contributed by atoms with Gasteiger partial charge in [-0.3, -0.25) is 0 Å². The highest BCUT2D eigenvalue weighted by Gasteiger charge is 2.13. The van der Waals surface area contributed by atoms with Gasteiger partial charge < -0.3 is 14.0 Å². The van der Waals surface area contributed by atoms with Crippen LogP contribution < -0.4 is 9.47 Å². The Balaban J connectivity index is 1.59. The van der Waals surface area contributed by atoms with Crippen molar-refractivity contribution in [3.8, 4) is 22.9 Å². The first-order valence-electron chi connectivity index (χ1n) is 8.61. The standard InChI is InChI=1S/C20H23N3O2S/c1-4-23-19(16-7-5-6-15(2)14-16)21-22-20(23)26-13-12-25-18-10-8-17(24-3)9-11-18/h5-11,14H,4,12-13H2,1-3H3. The van der Waals surface area contributed by atoms with Gasteiger partial charge in [-0.2, -0.15) is 0 Å². The van der Waals surface area contributed by atoms with Gasteiger partial charge in [-0.1, -0.05) is 35.5 Å². The number of hydrogen-bond donors (Lipinski definition) is 0. The predicted molar refractivity (Wildman–Crippen MR) is 105 cm³/mol. The molecular weight excluding hydrogens is 346 g/mol. The first kappa shape index (κ1) is 18.3. The summed E-state index contributed by atoms with van der Waals surface area (Å²) in [5.74, 6) is 3.38. The van der Waals surface area contributed by atoms with Crippen molar-refractivity contribution in [3.05, 3.63) is 54.1 Å². The van der Waals surface area contributed by atoms with Crippen molar-refractivity contribution in [2.75, 3.05) is 19.5 Å². The largest absolute Gasteiger partial charge is 0.497 e. The van der Waals surface area contributed by atoms with Gasteiger partial charge in [-0.15, -0.1) is 10.2 Å². The van der Waals surface area contributed by atoms with Crippen LogP contribution in [0.25, 0.3) is 11.4 Å². The molecule has 0 fully saturated rings. The molecule has 0 aliphatic carbocycles. The Morgan fingerprint density at radius 2 is 1.81 bits per heavy atom. The molecule has 5 nitrogen and oxygen atoms in total. The SMILES string of the molecule is CCn1c(SCCOc2ccc(OC)cc2)nnc1-c1cccc(C)c1. The highest BCUT2D eigenvalue weighted by Crippen LogP contribution is 2.25. The van der Waals surface area contributed by atoms with Crippen LogP contribution >= 0.6 is 11.8 Å². The number of hydrogen-bond acceptors (Lipinski definition) is 5. The summed E-state index contributed by atoms with van der Waals surface area (Å²) in [7, 11) is 1.65. The number of aromatic nitrogens is 3. The lowest BCUT2D eigenvalue weighted by atomic mass is 10.1. The van der Waals surface area contributed by atoms with Crippen LogP contribution in [0.15, 0.2) is 53.7 Å². The Labute approximate surface area is 158 Å². The van der Waals surface area contributed by atoms with E-state index in [2.05, 4.69) is 52.9 Å². The smallest absolute Gasteiger partial charge is 0.191 e. The summed E-state index contributed by atoms with van der Waals surface area (Å²) in [4.78, 5) is 0. The first-order valence-corrected chi connectivity index (χ1v) is 9.59. The third-order valence-corrected chi connectivity index (χ3v) is 4.88. The van der Waals surface area contributed by atoms with Crippen molar-refractivity contribution in [1.29, 1.82) is 0 Å². The fourth-order valence-electron chi connectivity index (χ4n) is 2.64. The van der Waals surface area contributed by atoms with Crippen LogP contribution in [0.4, 0.5) is 0 Å². The molecule has 0 radical (unpaired) electrons. The minimum absolute atomic E-state index is 0.605. The van der Waals surface area contributed by atoms with Gasteiger partial charge in [0.05, 0.1) is 13.7 Å². The van der Waals surface area contributed by atoms with Crippen molar-refractivity contribution in [1.82, 2.24) is 14.8 Å². The van der Waals surface area contributed by atoms with Gasteiger partial charge in [0.1, 0.15) is 11.5 Å². The van der Waals surface area contributed by atoms with E-state index in [9.17, 15) is 0 Å². The molecule has 0 bridgehead atoms. The number of ether oxygens (including phenoxy) is 2. The zero-order chi connectivity index (χ0) is 18.4. The predicted octanol–water partition coefficient (Wildman–Crippen LogP) is 4.45. The van der Waals surface area contributed by atoms with Gasteiger partial charge in [0.15, 0.2) is 11.0 Å². The molecule has 3 aromatic rings. The van der Waals surface area contributed by atoms with E-state index in [1.165, 1.54) is 5.56 Å². The molecular formula is C20H23N3O2S. The highest BCUT2D eigenvalue weighted by molar-refractivity contribution is 7.99. The third kappa shape index (κ3) is 4.38. The number of thioether (sulfide) groups is 1. The summed E-state index contributed by atoms with van der Waals surface area (Å²) in [6, 6.07) is 16.0. The fourth-order valence-corrected chi connectivity index (χ4v) is 3.46. The fraction of sp³-hybridized carbons (Fsp3) is 0.300. The van der Waals surface area contributed by atoms with Crippen molar-refractivity contribution in [2.24, 2.45) is 0 Å². The second-order valence-electron chi connectivity index (χ2n) is 5.79. The van der Waals surface area contributed by atoms with E-state index >= 15 is 0 Å². The lowest BCUT2D eigenvalue weighted by Crippen LogP contribution is -2.03. The van der Waals surface area contributed by atoms with Crippen LogP contribution in [0.5, 0.6) is 11.5 Å². The molecule has 0 aliphatic rings. The Kier molecular flexibility index (Phi) is 6.17. The molecule has 0 N–H and O–H groups in total. The monoisotopic (exact) mass is 369 g/mol. The first-order chi connectivity index (χ1) is 12.7. The van der Waals surface area contributed by atoms with Crippen LogP contribution in [-0.4, -0.2) is 34.2 Å². The maximum atomic E-state index is 5.77. The Hall–Kier alpha value is -2.47. The maximum Gasteiger partial charge on any atom is 0.191 e. The molecule has 0 atom stereocenters. The quantitative estimate of drug-likeness (QED) is 0.434. The summed E-state index contributed by atoms with van der Waals surface area (Å²) < 4.78 is 13.1. The lowest BCUT2D eigenvalue weighted by Gasteiger charge is -2.09. The summed E-state index contributed by atoms with van der Waals surface area (Å²) in [6.45, 7) is 5.63. The van der Waals surface area contributed by atoms with Crippen LogP contribution in [-0.2, 0) is 6.54 Å². The second kappa shape index (κ2) is 8.76. The summed E-state index contributed by atoms with van der Waals surface area (Å²) in [5.41, 5.74) is 2.32. The van der Waals surface area contributed by atoms with Crippen LogP contribution in [0.1, 0.15) is 12.5 Å². The van der Waals surface area contributed by atoms with E-state index in [4.69, 9.17) is 9.47 Å². The van der Waals surface area contributed by atoms with E-state index in [1.807, 2.05) is 24.3 Å². The topological polar surface area (TPSA) is 49.2 Å². The number of rotatable bonds is 8. The molecule has 26 heavy (non-hydrogen) atoms. The molecule has 0 saturated heterocycles. The molecule has 0 saturated carbocycles. The van der Waals surface area contributed by atoms with E-state index < -0.39 is 0 Å². The van der Waals surface area contributed by atoms with E-state index in [0.717, 1.165) is 40.3 Å². The summed E-state index contributed by atoms with van der Waals surface area (Å²) in [5, 5.41) is 9.67. The van der Waals surface area contributed by atoms with Crippen molar-refractivity contribution >= 4 is 11.8 Å². The Morgan fingerprint density at radius 1 is 1.04 bits per heavy atom. The normalized spacial score (nSPS) is 10.7. The van der Waals surface area contributed by atoms with E-state index in [0.29, 0.717) is 6.61 Å². The van der Waals surface area contributed by atoms with Crippen LogP contribution in [0.3, 0.4) is 0 Å². The van der Waals surface area contributed by atoms with Gasteiger partial charge in [-0.05, 0) is 44.2 Å². The molecule has 136 valence electrons. The zero-order valence-corrected chi connectivity index (χ0v) is 16.1. The second-order valence-corrected chi connectivity index (χ2v) is 6.85. The maximum absolute atomic E-state index is 5.77. The zero-order valence-electron chi connectivity index (χ0n) is 15.3. The minimum Gasteiger partial charge on any atom is -0.497 e. The molecule has 2 aromatic carbocycles. The molecule has 0 amide bonds. The molecule has 6 heteroatoms. The van der Waals surface area contributed by atoms with Gasteiger partial charge >= 0.3 is 0 Å². The lowest BCUT2D eigenvalue weighted by molar-refractivity contribution is 0.342. The van der Waals surface area contributed by atoms with E-state index in [-0.39, 0.29) is 0 Å². The molecule has 0 aliphatic heterocycles. The van der Waals surface area contributed by atoms with Crippen LogP contribution in [0, 0.1) is 6.92 Å². The molecule has 0 spiro atoms. The van der Waals surface area contributed by atoms with Crippen LogP contribution in [0.2, 0.25) is 0 Å². The van der Waals surface area contributed by atoms with Gasteiger partial charge in [0, 0.05) is 17.9 Å². The summed E-state index contributed by atoms with van der Waals surface area (Å²) in [6.07, 6.45) is 0. The average Bonchev–Trinajstić information content (AvgIpc) is 3.08. The van der Waals surface area contributed by atoms with Crippen molar-refractivity contribution < 1.29 is 9.47 Å². The van der Waals surface area contributed by atoms with E-state index in [1.54, 1.807) is 18.9 Å². The molecule has 1 aromatic heterocycles. The van der Waals surface area contributed by atoms with Crippen molar-refractivity contribution in [2.45, 2.75) is 25.5 Å². The third-order valence-electron chi connectivity index (χ3n) is 3.95. The Bertz CT molecular complexity index is 847. The van der Waals surface area contributed by atoms with Crippen molar-refractivity contribution in [3.63, 3.8) is 0 Å². The molecule has 0 unspecified atom stereocenters. The number of nitrogens with zero attached hydrogens (tertiary/aromatic N) is 3. The Morgan fingerprint density at radius 3 is 2.50 bits per heavy atom. The minimum atomic E-state index is 0.605. The number of benzene rings is 2. The van der Waals surface area contributed by atoms with Gasteiger partial charge in [0.2, 0.25) is 0 Å². The number of aryl methyl sites for hydroxylation is 1. The van der Waals surface area contributed by atoms with Gasteiger partial charge in [-0.25, -0.2) is 0 Å². The number of methoxy groups -OCH3 is 1. The molecule has 1 heterocycles. The van der Waals surface area contributed by atoms with Gasteiger partial charge in [0.25, 0.3) is 0 Å².